The van der Waals surface area contributed by atoms with Crippen LogP contribution in [0.15, 0.2) is 34.1 Å². The van der Waals surface area contributed by atoms with E-state index in [-0.39, 0.29) is 41.9 Å². The summed E-state index contributed by atoms with van der Waals surface area (Å²) in [5, 5.41) is 9.07. The number of aromatic amines is 1. The fraction of sp³-hybridized carbons (Fsp3) is 0.389. The van der Waals surface area contributed by atoms with Crippen molar-refractivity contribution in [2.75, 3.05) is 19.7 Å². The molecule has 1 aromatic heterocycles. The van der Waals surface area contributed by atoms with E-state index in [1.54, 1.807) is 6.92 Å². The average Bonchev–Trinajstić information content (AvgIpc) is 2.68. The Kier molecular flexibility index (Phi) is 5.52. The maximum atomic E-state index is 12.9. The second-order valence-electron chi connectivity index (χ2n) is 6.47. The van der Waals surface area contributed by atoms with E-state index in [1.807, 2.05) is 0 Å². The Morgan fingerprint density at radius 1 is 1.29 bits per heavy atom. The SMILES string of the molecule is CCOC(=O)C1CCN(S(=O)(=O)c2ccc3[nH]cc(C(=O)O)c(=O)c3c2)CC1. The van der Waals surface area contributed by atoms with Crippen LogP contribution in [-0.4, -0.2) is 54.4 Å². The molecular weight excluding hydrogens is 388 g/mol. The molecule has 0 aliphatic carbocycles. The quantitative estimate of drug-likeness (QED) is 0.710. The van der Waals surface area contributed by atoms with Gasteiger partial charge in [-0.1, -0.05) is 0 Å². The van der Waals surface area contributed by atoms with Crippen LogP contribution in [0.4, 0.5) is 0 Å². The number of nitrogens with one attached hydrogen (secondary N) is 1. The number of carbonyl (C=O) groups excluding carboxylic acids is 1. The van der Waals surface area contributed by atoms with Gasteiger partial charge in [0.25, 0.3) is 0 Å². The molecule has 1 aromatic carbocycles. The van der Waals surface area contributed by atoms with Crippen LogP contribution >= 0.6 is 0 Å². The first-order valence-electron chi connectivity index (χ1n) is 8.81. The van der Waals surface area contributed by atoms with Crippen LogP contribution in [0.25, 0.3) is 10.9 Å². The van der Waals surface area contributed by atoms with Crippen LogP contribution in [0.3, 0.4) is 0 Å². The molecule has 1 saturated heterocycles. The maximum Gasteiger partial charge on any atom is 0.341 e. The highest BCUT2D eigenvalue weighted by Crippen LogP contribution is 2.26. The van der Waals surface area contributed by atoms with Gasteiger partial charge in [0.05, 0.1) is 17.4 Å². The Morgan fingerprint density at radius 2 is 1.96 bits per heavy atom. The molecule has 9 nitrogen and oxygen atoms in total. The van der Waals surface area contributed by atoms with Gasteiger partial charge in [-0.15, -0.1) is 0 Å². The number of hydrogen-bond acceptors (Lipinski definition) is 6. The van der Waals surface area contributed by atoms with E-state index in [9.17, 15) is 22.8 Å². The summed E-state index contributed by atoms with van der Waals surface area (Å²) in [6, 6.07) is 3.99. The number of hydrogen-bond donors (Lipinski definition) is 2. The summed E-state index contributed by atoms with van der Waals surface area (Å²) in [6.07, 6.45) is 1.80. The molecule has 1 aliphatic rings. The first kappa shape index (κ1) is 20.0. The average molecular weight is 408 g/mol. The summed E-state index contributed by atoms with van der Waals surface area (Å²) in [5.41, 5.74) is -0.869. The van der Waals surface area contributed by atoms with Crippen molar-refractivity contribution in [1.29, 1.82) is 0 Å². The van der Waals surface area contributed by atoms with Gasteiger partial charge in [0.1, 0.15) is 5.56 Å². The zero-order chi connectivity index (χ0) is 20.5. The van der Waals surface area contributed by atoms with Crippen LogP contribution in [0.5, 0.6) is 0 Å². The number of ether oxygens (including phenoxy) is 1. The number of aromatic carboxylic acids is 1. The lowest BCUT2D eigenvalue weighted by atomic mass is 9.98. The molecule has 0 bridgehead atoms. The molecule has 1 aliphatic heterocycles. The Balaban J connectivity index is 1.89. The Labute approximate surface area is 161 Å². The summed E-state index contributed by atoms with van der Waals surface area (Å²) in [6.45, 7) is 2.32. The number of carboxylic acids is 1. The molecule has 2 heterocycles. The van der Waals surface area contributed by atoms with Crippen molar-refractivity contribution in [3.63, 3.8) is 0 Å². The van der Waals surface area contributed by atoms with Gasteiger partial charge < -0.3 is 14.8 Å². The number of carbonyl (C=O) groups is 2. The third-order valence-corrected chi connectivity index (χ3v) is 6.69. The van der Waals surface area contributed by atoms with Crippen molar-refractivity contribution in [3.05, 3.63) is 40.2 Å². The highest BCUT2D eigenvalue weighted by Gasteiger charge is 2.33. The van der Waals surface area contributed by atoms with Crippen LogP contribution in [0.1, 0.15) is 30.1 Å². The number of esters is 1. The number of benzene rings is 1. The fourth-order valence-corrected chi connectivity index (χ4v) is 4.75. The summed E-state index contributed by atoms with van der Waals surface area (Å²) < 4.78 is 32.1. The van der Waals surface area contributed by atoms with Gasteiger partial charge in [-0.25, -0.2) is 13.2 Å². The summed E-state index contributed by atoms with van der Waals surface area (Å²) in [5.74, 6) is -2.04. The standard InChI is InChI=1S/C18H20N2O7S/c1-2-27-18(24)11-5-7-20(8-6-11)28(25,26)12-3-4-15-13(9-12)16(21)14(10-19-15)17(22)23/h3-4,9-11H,2,5-8H2,1H3,(H,19,21)(H,22,23). The van der Waals surface area contributed by atoms with Gasteiger partial charge in [-0.05, 0) is 38.0 Å². The highest BCUT2D eigenvalue weighted by atomic mass is 32.2. The van der Waals surface area contributed by atoms with Crippen LogP contribution in [-0.2, 0) is 19.6 Å². The lowest BCUT2D eigenvalue weighted by Crippen LogP contribution is -2.40. The number of fused-ring (bicyclic) bond motifs is 1. The minimum Gasteiger partial charge on any atom is -0.477 e. The zero-order valence-corrected chi connectivity index (χ0v) is 16.0. The molecule has 2 N–H and O–H groups in total. The second kappa shape index (κ2) is 7.72. The number of sulfonamides is 1. The fourth-order valence-electron chi connectivity index (χ4n) is 3.26. The van der Waals surface area contributed by atoms with E-state index in [4.69, 9.17) is 9.84 Å². The predicted molar refractivity (Wildman–Crippen MR) is 99.6 cm³/mol. The Bertz CT molecular complexity index is 1080. The second-order valence-corrected chi connectivity index (χ2v) is 8.41. The van der Waals surface area contributed by atoms with E-state index < -0.39 is 27.0 Å². The normalized spacial score (nSPS) is 16.2. The summed E-state index contributed by atoms with van der Waals surface area (Å²) in [4.78, 5) is 37.9. The summed E-state index contributed by atoms with van der Waals surface area (Å²) >= 11 is 0. The van der Waals surface area contributed by atoms with E-state index in [0.29, 0.717) is 18.4 Å². The number of aromatic nitrogens is 1. The molecule has 0 saturated carbocycles. The van der Waals surface area contributed by atoms with Crippen molar-refractivity contribution >= 4 is 32.9 Å². The molecule has 0 atom stereocenters. The highest BCUT2D eigenvalue weighted by molar-refractivity contribution is 7.89. The van der Waals surface area contributed by atoms with E-state index in [1.165, 1.54) is 22.5 Å². The molecule has 2 aromatic rings. The van der Waals surface area contributed by atoms with Gasteiger partial charge in [-0.2, -0.15) is 4.31 Å². The molecule has 150 valence electrons. The maximum absolute atomic E-state index is 12.9. The third-order valence-electron chi connectivity index (χ3n) is 4.79. The van der Waals surface area contributed by atoms with Gasteiger partial charge >= 0.3 is 11.9 Å². The van der Waals surface area contributed by atoms with Crippen LogP contribution < -0.4 is 5.43 Å². The minimum atomic E-state index is -3.88. The number of H-pyrrole nitrogens is 1. The predicted octanol–water partition coefficient (Wildman–Crippen LogP) is 1.19. The topological polar surface area (TPSA) is 134 Å². The zero-order valence-electron chi connectivity index (χ0n) is 15.2. The molecule has 0 radical (unpaired) electrons. The number of carboxylic acid groups (broad SMARTS) is 1. The van der Waals surface area contributed by atoms with Crippen molar-refractivity contribution < 1.29 is 27.9 Å². The first-order chi connectivity index (χ1) is 13.3. The lowest BCUT2D eigenvalue weighted by molar-refractivity contribution is -0.149. The van der Waals surface area contributed by atoms with Crippen molar-refractivity contribution in [1.82, 2.24) is 9.29 Å². The number of nitrogens with zero attached hydrogens (tertiary/aromatic N) is 1. The molecule has 1 fully saturated rings. The van der Waals surface area contributed by atoms with Crippen LogP contribution in [0, 0.1) is 5.92 Å². The molecule has 0 unspecified atom stereocenters. The molecule has 3 rings (SSSR count). The van der Waals surface area contributed by atoms with Crippen molar-refractivity contribution in [2.45, 2.75) is 24.7 Å². The number of rotatable bonds is 5. The minimum absolute atomic E-state index is 0.0117. The van der Waals surface area contributed by atoms with Gasteiger partial charge in [0, 0.05) is 30.2 Å². The number of pyridine rings is 1. The molecule has 10 heteroatoms. The molecule has 0 amide bonds. The van der Waals surface area contributed by atoms with E-state index in [0.717, 1.165) is 6.20 Å². The molecule has 0 spiro atoms. The summed E-state index contributed by atoms with van der Waals surface area (Å²) in [7, 11) is -3.88. The smallest absolute Gasteiger partial charge is 0.341 e. The van der Waals surface area contributed by atoms with Crippen LogP contribution in [0.2, 0.25) is 0 Å². The first-order valence-corrected chi connectivity index (χ1v) is 10.2. The van der Waals surface area contributed by atoms with E-state index >= 15 is 0 Å². The van der Waals surface area contributed by atoms with Gasteiger partial charge in [0.15, 0.2) is 0 Å². The van der Waals surface area contributed by atoms with Gasteiger partial charge in [-0.3, -0.25) is 9.59 Å². The monoisotopic (exact) mass is 408 g/mol. The lowest BCUT2D eigenvalue weighted by Gasteiger charge is -2.30. The molecule has 28 heavy (non-hydrogen) atoms. The largest absolute Gasteiger partial charge is 0.477 e. The Morgan fingerprint density at radius 3 is 2.57 bits per heavy atom. The van der Waals surface area contributed by atoms with Crippen molar-refractivity contribution in [2.24, 2.45) is 5.92 Å². The Hall–Kier alpha value is -2.72. The number of piperidine rings is 1. The molecular formula is C18H20N2O7S. The van der Waals surface area contributed by atoms with Crippen molar-refractivity contribution in [3.8, 4) is 0 Å². The van der Waals surface area contributed by atoms with E-state index in [2.05, 4.69) is 4.98 Å². The third kappa shape index (κ3) is 3.65. The van der Waals surface area contributed by atoms with Gasteiger partial charge in [0.2, 0.25) is 15.5 Å².